The largest absolute Gasteiger partial charge is 0.476 e. The van der Waals surface area contributed by atoms with E-state index in [9.17, 15) is 9.59 Å². The monoisotopic (exact) mass is 480 g/mol. The molecular formula is C22H32N4O6S. The number of likely N-dealkylation sites (N-methyl/N-ethyl adjacent to an activating group) is 1. The average Bonchev–Trinajstić information content (AvgIpc) is 3.18. The number of ether oxygens (including phenoxy) is 4. The van der Waals surface area contributed by atoms with Crippen molar-refractivity contribution in [1.29, 1.82) is 0 Å². The third kappa shape index (κ3) is 9.72. The van der Waals surface area contributed by atoms with Gasteiger partial charge in [-0.05, 0) is 27.8 Å². The summed E-state index contributed by atoms with van der Waals surface area (Å²) >= 11 is 1.23. The maximum absolute atomic E-state index is 12.8. The predicted octanol–water partition coefficient (Wildman–Crippen LogP) is 2.64. The van der Waals surface area contributed by atoms with E-state index in [1.807, 2.05) is 20.9 Å². The van der Waals surface area contributed by atoms with Crippen molar-refractivity contribution in [2.45, 2.75) is 33.3 Å². The van der Waals surface area contributed by atoms with Gasteiger partial charge in [-0.15, -0.1) is 11.3 Å². The summed E-state index contributed by atoms with van der Waals surface area (Å²) in [6.45, 7) is 8.28. The first-order chi connectivity index (χ1) is 15.8. The molecule has 11 heteroatoms. The molecule has 0 radical (unpaired) electrons. The molecule has 0 aliphatic rings. The first-order valence-electron chi connectivity index (χ1n) is 10.7. The number of carbonyl (C=O) groups excluding carboxylic acids is 2. The molecular weight excluding hydrogens is 448 g/mol. The summed E-state index contributed by atoms with van der Waals surface area (Å²) in [5.74, 6) is -0.159. The Morgan fingerprint density at radius 3 is 2.58 bits per heavy atom. The van der Waals surface area contributed by atoms with Crippen molar-refractivity contribution in [1.82, 2.24) is 14.9 Å². The lowest BCUT2D eigenvalue weighted by Crippen LogP contribution is -2.27. The molecule has 0 aliphatic carbocycles. The molecule has 0 atom stereocenters. The van der Waals surface area contributed by atoms with Gasteiger partial charge in [0, 0.05) is 37.7 Å². The molecule has 10 nitrogen and oxygen atoms in total. The fourth-order valence-corrected chi connectivity index (χ4v) is 3.33. The SMILES string of the molecule is CCOC(=O)Cc1csc(NC(=O)c2cc(OCCN(C)CCOC)nc(OC(C)C)c2)n1. The predicted molar refractivity (Wildman–Crippen MR) is 125 cm³/mol. The third-order valence-corrected chi connectivity index (χ3v) is 5.01. The lowest BCUT2D eigenvalue weighted by Gasteiger charge is -2.17. The van der Waals surface area contributed by atoms with Crippen LogP contribution in [0.2, 0.25) is 0 Å². The van der Waals surface area contributed by atoms with E-state index in [0.29, 0.717) is 54.5 Å². The highest BCUT2D eigenvalue weighted by Gasteiger charge is 2.15. The molecule has 0 saturated carbocycles. The number of rotatable bonds is 14. The number of thiazole rings is 1. The number of methoxy groups -OCH3 is 1. The van der Waals surface area contributed by atoms with Gasteiger partial charge >= 0.3 is 5.97 Å². The quantitative estimate of drug-likeness (QED) is 0.408. The van der Waals surface area contributed by atoms with E-state index >= 15 is 0 Å². The standard InChI is InChI=1S/C22H32N4O6S/c1-6-30-20(27)13-17-14-33-22(23-17)25-21(28)16-11-18(24-19(12-16)32-15(2)3)31-10-8-26(4)7-9-29-5/h11-12,14-15H,6-10,13H2,1-5H3,(H,23,25,28). The van der Waals surface area contributed by atoms with Crippen molar-refractivity contribution in [3.8, 4) is 11.8 Å². The Morgan fingerprint density at radius 1 is 1.15 bits per heavy atom. The van der Waals surface area contributed by atoms with Gasteiger partial charge in [-0.25, -0.2) is 4.98 Å². The molecule has 182 valence electrons. The first kappa shape index (κ1) is 26.5. The number of aromatic nitrogens is 2. The number of hydrogen-bond donors (Lipinski definition) is 1. The van der Waals surface area contributed by atoms with Crippen molar-refractivity contribution in [3.05, 3.63) is 28.8 Å². The van der Waals surface area contributed by atoms with E-state index in [0.717, 1.165) is 6.54 Å². The van der Waals surface area contributed by atoms with E-state index in [1.165, 1.54) is 11.3 Å². The summed E-state index contributed by atoms with van der Waals surface area (Å²) in [7, 11) is 3.63. The summed E-state index contributed by atoms with van der Waals surface area (Å²) in [4.78, 5) is 35.2. The number of pyridine rings is 1. The highest BCUT2D eigenvalue weighted by Crippen LogP contribution is 2.22. The molecule has 0 spiro atoms. The van der Waals surface area contributed by atoms with Gasteiger partial charge in [-0.3, -0.25) is 14.9 Å². The lowest BCUT2D eigenvalue weighted by atomic mass is 10.2. The molecule has 2 aromatic heterocycles. The number of nitrogens with one attached hydrogen (secondary N) is 1. The summed E-state index contributed by atoms with van der Waals surface area (Å²) in [6, 6.07) is 3.12. The molecule has 2 rings (SSSR count). The summed E-state index contributed by atoms with van der Waals surface area (Å²) in [6.07, 6.45) is -0.0631. The van der Waals surface area contributed by atoms with E-state index in [-0.39, 0.29) is 24.4 Å². The van der Waals surface area contributed by atoms with Crippen LogP contribution in [0.3, 0.4) is 0 Å². The van der Waals surface area contributed by atoms with Crippen LogP contribution in [0.5, 0.6) is 11.8 Å². The van der Waals surface area contributed by atoms with E-state index < -0.39 is 0 Å². The number of hydrogen-bond acceptors (Lipinski definition) is 10. The molecule has 0 fully saturated rings. The Labute approximate surface area is 198 Å². The van der Waals surface area contributed by atoms with Gasteiger partial charge in [-0.2, -0.15) is 4.98 Å². The average molecular weight is 481 g/mol. The van der Waals surface area contributed by atoms with Crippen LogP contribution in [-0.4, -0.2) is 79.9 Å². The number of anilines is 1. The fraction of sp³-hybridized carbons (Fsp3) is 0.545. The molecule has 0 bridgehead atoms. The molecule has 2 heterocycles. The van der Waals surface area contributed by atoms with Gasteiger partial charge in [0.05, 0.1) is 37.0 Å². The minimum atomic E-state index is -0.384. The second-order valence-electron chi connectivity index (χ2n) is 7.42. The van der Waals surface area contributed by atoms with E-state index in [2.05, 4.69) is 20.2 Å². The Morgan fingerprint density at radius 2 is 1.88 bits per heavy atom. The maximum Gasteiger partial charge on any atom is 0.311 e. The first-order valence-corrected chi connectivity index (χ1v) is 11.6. The maximum atomic E-state index is 12.8. The normalized spacial score (nSPS) is 11.0. The van der Waals surface area contributed by atoms with Crippen LogP contribution in [0.15, 0.2) is 17.5 Å². The lowest BCUT2D eigenvalue weighted by molar-refractivity contribution is -0.142. The summed E-state index contributed by atoms with van der Waals surface area (Å²) < 4.78 is 21.5. The molecule has 0 aliphatic heterocycles. The zero-order valence-electron chi connectivity index (χ0n) is 19.8. The Bertz CT molecular complexity index is 905. The van der Waals surface area contributed by atoms with Crippen LogP contribution >= 0.6 is 11.3 Å². The highest BCUT2D eigenvalue weighted by molar-refractivity contribution is 7.14. The van der Waals surface area contributed by atoms with Crippen LogP contribution in [-0.2, 0) is 20.7 Å². The van der Waals surface area contributed by atoms with Crippen LogP contribution in [0, 0.1) is 0 Å². The Hall–Kier alpha value is -2.76. The van der Waals surface area contributed by atoms with Crippen LogP contribution in [0.1, 0.15) is 36.8 Å². The minimum absolute atomic E-state index is 0.0542. The topological polar surface area (TPSA) is 112 Å². The molecule has 0 aromatic carbocycles. The van der Waals surface area contributed by atoms with Crippen LogP contribution in [0.4, 0.5) is 5.13 Å². The zero-order chi connectivity index (χ0) is 24.2. The molecule has 33 heavy (non-hydrogen) atoms. The second-order valence-corrected chi connectivity index (χ2v) is 8.28. The van der Waals surface area contributed by atoms with Crippen molar-refractivity contribution in [3.63, 3.8) is 0 Å². The fourth-order valence-electron chi connectivity index (χ4n) is 2.63. The molecule has 0 unspecified atom stereocenters. The van der Waals surface area contributed by atoms with Gasteiger partial charge < -0.3 is 23.8 Å². The third-order valence-electron chi connectivity index (χ3n) is 4.20. The van der Waals surface area contributed by atoms with E-state index in [1.54, 1.807) is 31.5 Å². The minimum Gasteiger partial charge on any atom is -0.476 e. The molecule has 1 amide bonds. The second kappa shape index (κ2) is 13.7. The highest BCUT2D eigenvalue weighted by atomic mass is 32.1. The van der Waals surface area contributed by atoms with Gasteiger partial charge in [0.25, 0.3) is 5.91 Å². The van der Waals surface area contributed by atoms with Gasteiger partial charge in [0.2, 0.25) is 11.8 Å². The molecule has 0 saturated heterocycles. The molecule has 1 N–H and O–H groups in total. The number of carbonyl (C=O) groups is 2. The zero-order valence-corrected chi connectivity index (χ0v) is 20.6. The van der Waals surface area contributed by atoms with Crippen molar-refractivity contribution in [2.24, 2.45) is 0 Å². The number of esters is 1. The smallest absolute Gasteiger partial charge is 0.311 e. The Balaban J connectivity index is 2.05. The number of nitrogens with zero attached hydrogens (tertiary/aromatic N) is 3. The van der Waals surface area contributed by atoms with Crippen molar-refractivity contribution in [2.75, 3.05) is 52.4 Å². The Kier molecular flexibility index (Phi) is 11.0. The van der Waals surface area contributed by atoms with E-state index in [4.69, 9.17) is 18.9 Å². The van der Waals surface area contributed by atoms with Crippen molar-refractivity contribution >= 4 is 28.3 Å². The van der Waals surface area contributed by atoms with Gasteiger partial charge in [0.1, 0.15) is 6.61 Å². The summed E-state index contributed by atoms with van der Waals surface area (Å²) in [5, 5.41) is 4.83. The van der Waals surface area contributed by atoms with Gasteiger partial charge in [0.15, 0.2) is 5.13 Å². The summed E-state index contributed by atoms with van der Waals surface area (Å²) in [5.41, 5.74) is 0.861. The van der Waals surface area contributed by atoms with Gasteiger partial charge in [-0.1, -0.05) is 0 Å². The van der Waals surface area contributed by atoms with Crippen LogP contribution < -0.4 is 14.8 Å². The van der Waals surface area contributed by atoms with Crippen LogP contribution in [0.25, 0.3) is 0 Å². The molecule has 2 aromatic rings. The number of amides is 1. The van der Waals surface area contributed by atoms with Crippen molar-refractivity contribution < 1.29 is 28.5 Å².